The number of pyridine rings is 1. The second kappa shape index (κ2) is 6.49. The van der Waals surface area contributed by atoms with Gasteiger partial charge in [-0.3, -0.25) is 0 Å². The van der Waals surface area contributed by atoms with E-state index < -0.39 is 0 Å². The fraction of sp³-hybridized carbons (Fsp3) is 0.350. The number of rotatable bonds is 4. The summed E-state index contributed by atoms with van der Waals surface area (Å²) in [5.41, 5.74) is 1.10. The van der Waals surface area contributed by atoms with Crippen LogP contribution in [0.1, 0.15) is 42.4 Å². The Morgan fingerprint density at radius 1 is 1.15 bits per heavy atom. The van der Waals surface area contributed by atoms with E-state index in [1.807, 2.05) is 47.1 Å². The fourth-order valence-corrected chi connectivity index (χ4v) is 4.28. The summed E-state index contributed by atoms with van der Waals surface area (Å²) in [4.78, 5) is 9.38. The van der Waals surface area contributed by atoms with Crippen LogP contribution in [0.5, 0.6) is 0 Å². The zero-order valence-electron chi connectivity index (χ0n) is 14.3. The average molecular weight is 367 g/mol. The third kappa shape index (κ3) is 2.91. The van der Waals surface area contributed by atoms with E-state index in [9.17, 15) is 0 Å². The zero-order valence-corrected chi connectivity index (χ0v) is 15.0. The molecule has 0 radical (unpaired) electrons. The van der Waals surface area contributed by atoms with Crippen molar-refractivity contribution in [2.75, 3.05) is 0 Å². The molecule has 26 heavy (non-hydrogen) atoms. The minimum absolute atomic E-state index is 0.255. The standard InChI is InChI=1S/C20H19ClN4O/c21-14-5-3-4-13(10-14)11-18-23-20(16-12-15-7-8-17(16)26-15)25(24-18)19-6-1-2-9-22-19/h1-6,9-10,15-17H,7-8,11-12H2/t15-,16+,17+/m0/s1. The Morgan fingerprint density at radius 2 is 2.12 bits per heavy atom. The van der Waals surface area contributed by atoms with Crippen LogP contribution in [0.2, 0.25) is 5.02 Å². The Balaban J connectivity index is 1.53. The highest BCUT2D eigenvalue weighted by Crippen LogP contribution is 2.44. The van der Waals surface area contributed by atoms with Crippen LogP contribution in [-0.4, -0.2) is 32.0 Å². The summed E-state index contributed by atoms with van der Waals surface area (Å²) < 4.78 is 7.95. The highest BCUT2D eigenvalue weighted by Gasteiger charge is 2.44. The predicted molar refractivity (Wildman–Crippen MR) is 98.7 cm³/mol. The van der Waals surface area contributed by atoms with Gasteiger partial charge in [0.15, 0.2) is 11.6 Å². The monoisotopic (exact) mass is 366 g/mol. The smallest absolute Gasteiger partial charge is 0.155 e. The van der Waals surface area contributed by atoms with Crippen LogP contribution in [0.15, 0.2) is 48.7 Å². The van der Waals surface area contributed by atoms with Crippen molar-refractivity contribution in [3.05, 3.63) is 70.9 Å². The van der Waals surface area contributed by atoms with Gasteiger partial charge in [0.05, 0.1) is 12.2 Å². The van der Waals surface area contributed by atoms with Crippen LogP contribution in [0, 0.1) is 0 Å². The topological polar surface area (TPSA) is 52.8 Å². The van der Waals surface area contributed by atoms with Gasteiger partial charge in [0, 0.05) is 23.6 Å². The van der Waals surface area contributed by atoms with Gasteiger partial charge in [-0.15, -0.1) is 5.10 Å². The molecule has 132 valence electrons. The molecule has 0 unspecified atom stereocenters. The summed E-state index contributed by atoms with van der Waals surface area (Å²) in [6.45, 7) is 0. The quantitative estimate of drug-likeness (QED) is 0.701. The number of ether oxygens (including phenoxy) is 1. The summed E-state index contributed by atoms with van der Waals surface area (Å²) >= 11 is 6.12. The predicted octanol–water partition coefficient (Wildman–Crippen LogP) is 3.94. The van der Waals surface area contributed by atoms with Gasteiger partial charge >= 0.3 is 0 Å². The number of fused-ring (bicyclic) bond motifs is 2. The van der Waals surface area contributed by atoms with Crippen LogP contribution in [-0.2, 0) is 11.2 Å². The van der Waals surface area contributed by atoms with E-state index in [2.05, 4.69) is 4.98 Å². The molecule has 3 aromatic rings. The Morgan fingerprint density at radius 3 is 2.85 bits per heavy atom. The van der Waals surface area contributed by atoms with E-state index in [0.717, 1.165) is 47.3 Å². The molecular formula is C20H19ClN4O. The van der Waals surface area contributed by atoms with Gasteiger partial charge in [-0.1, -0.05) is 29.8 Å². The zero-order chi connectivity index (χ0) is 17.5. The number of aromatic nitrogens is 4. The summed E-state index contributed by atoms with van der Waals surface area (Å²) in [6.07, 6.45) is 6.35. The van der Waals surface area contributed by atoms with E-state index in [0.29, 0.717) is 12.5 Å². The maximum absolute atomic E-state index is 6.12. The minimum Gasteiger partial charge on any atom is -0.374 e. The van der Waals surface area contributed by atoms with Gasteiger partial charge in [-0.25, -0.2) is 9.97 Å². The van der Waals surface area contributed by atoms with Gasteiger partial charge in [0.25, 0.3) is 0 Å². The van der Waals surface area contributed by atoms with Crippen molar-refractivity contribution in [1.29, 1.82) is 0 Å². The Kier molecular flexibility index (Phi) is 3.98. The Labute approximate surface area is 157 Å². The van der Waals surface area contributed by atoms with Crippen molar-refractivity contribution in [3.63, 3.8) is 0 Å². The third-order valence-corrected chi connectivity index (χ3v) is 5.47. The number of hydrogen-bond donors (Lipinski definition) is 0. The Hall–Kier alpha value is -2.24. The Bertz CT molecular complexity index is 927. The average Bonchev–Trinajstić information content (AvgIpc) is 3.37. The fourth-order valence-electron chi connectivity index (χ4n) is 4.07. The van der Waals surface area contributed by atoms with E-state index >= 15 is 0 Å². The molecule has 1 aromatic carbocycles. The first-order valence-corrected chi connectivity index (χ1v) is 9.41. The third-order valence-electron chi connectivity index (χ3n) is 5.23. The molecule has 2 aliphatic heterocycles. The first-order valence-electron chi connectivity index (χ1n) is 9.03. The second-order valence-electron chi connectivity index (χ2n) is 7.01. The van der Waals surface area contributed by atoms with E-state index in [4.69, 9.17) is 26.4 Å². The van der Waals surface area contributed by atoms with Gasteiger partial charge < -0.3 is 4.74 Å². The van der Waals surface area contributed by atoms with Gasteiger partial charge in [-0.2, -0.15) is 4.68 Å². The van der Waals surface area contributed by atoms with Gasteiger partial charge in [0.1, 0.15) is 5.82 Å². The SMILES string of the molecule is Clc1cccc(Cc2nc([C@@H]3C[C@@H]4CC[C@H]3O4)n(-c3ccccn3)n2)c1. The molecule has 2 saturated heterocycles. The number of halogens is 1. The number of benzene rings is 1. The lowest BCUT2D eigenvalue weighted by molar-refractivity contribution is 0.0997. The number of nitrogens with zero attached hydrogens (tertiary/aromatic N) is 4. The molecule has 2 aliphatic rings. The van der Waals surface area contributed by atoms with Crippen LogP contribution in [0.25, 0.3) is 5.82 Å². The molecule has 0 spiro atoms. The molecule has 0 aliphatic carbocycles. The van der Waals surface area contributed by atoms with Gasteiger partial charge in [-0.05, 0) is 49.1 Å². The molecule has 2 fully saturated rings. The molecule has 4 heterocycles. The summed E-state index contributed by atoms with van der Waals surface area (Å²) in [5.74, 6) is 2.84. The van der Waals surface area contributed by atoms with Crippen LogP contribution in [0.4, 0.5) is 0 Å². The molecule has 2 aromatic heterocycles. The van der Waals surface area contributed by atoms with E-state index in [1.54, 1.807) is 6.20 Å². The molecule has 0 saturated carbocycles. The lowest BCUT2D eigenvalue weighted by Gasteiger charge is -2.18. The molecule has 3 atom stereocenters. The summed E-state index contributed by atoms with van der Waals surface area (Å²) in [7, 11) is 0. The first-order chi connectivity index (χ1) is 12.8. The normalized spacial score (nSPS) is 24.3. The van der Waals surface area contributed by atoms with Gasteiger partial charge in [0.2, 0.25) is 0 Å². The summed E-state index contributed by atoms with van der Waals surface area (Å²) in [5, 5.41) is 5.51. The van der Waals surface area contributed by atoms with Crippen LogP contribution in [0.3, 0.4) is 0 Å². The molecule has 2 bridgehead atoms. The van der Waals surface area contributed by atoms with Crippen molar-refractivity contribution >= 4 is 11.6 Å². The van der Waals surface area contributed by atoms with E-state index in [-0.39, 0.29) is 12.0 Å². The second-order valence-corrected chi connectivity index (χ2v) is 7.45. The minimum atomic E-state index is 0.255. The molecule has 0 N–H and O–H groups in total. The van der Waals surface area contributed by atoms with Crippen LogP contribution >= 0.6 is 11.6 Å². The molecule has 5 nitrogen and oxygen atoms in total. The van der Waals surface area contributed by atoms with Crippen molar-refractivity contribution in [2.24, 2.45) is 0 Å². The highest BCUT2D eigenvalue weighted by molar-refractivity contribution is 6.30. The van der Waals surface area contributed by atoms with E-state index in [1.165, 1.54) is 0 Å². The maximum Gasteiger partial charge on any atom is 0.155 e. The molecule has 5 rings (SSSR count). The van der Waals surface area contributed by atoms with Crippen molar-refractivity contribution < 1.29 is 4.74 Å². The molecule has 0 amide bonds. The molecule has 6 heteroatoms. The van der Waals surface area contributed by atoms with Crippen molar-refractivity contribution in [3.8, 4) is 5.82 Å². The lowest BCUT2D eigenvalue weighted by atomic mass is 9.88. The largest absolute Gasteiger partial charge is 0.374 e. The van der Waals surface area contributed by atoms with Crippen LogP contribution < -0.4 is 0 Å². The maximum atomic E-state index is 6.12. The molecular weight excluding hydrogens is 348 g/mol. The van der Waals surface area contributed by atoms with Crippen molar-refractivity contribution in [2.45, 2.75) is 43.8 Å². The summed E-state index contributed by atoms with van der Waals surface area (Å²) in [6, 6.07) is 13.7. The van der Waals surface area contributed by atoms with Crippen molar-refractivity contribution in [1.82, 2.24) is 19.7 Å². The first kappa shape index (κ1) is 16.0. The lowest BCUT2D eigenvalue weighted by Crippen LogP contribution is -2.19. The highest BCUT2D eigenvalue weighted by atomic mass is 35.5. The number of hydrogen-bond acceptors (Lipinski definition) is 4.